The zero-order valence-corrected chi connectivity index (χ0v) is 8.73. The highest BCUT2D eigenvalue weighted by atomic mass is 32.2. The maximum absolute atomic E-state index is 11.6. The van der Waals surface area contributed by atoms with Gasteiger partial charge >= 0.3 is 0 Å². The van der Waals surface area contributed by atoms with Crippen molar-refractivity contribution < 1.29 is 4.79 Å². The summed E-state index contributed by atoms with van der Waals surface area (Å²) in [7, 11) is 0. The van der Waals surface area contributed by atoms with Gasteiger partial charge in [0.2, 0.25) is 5.91 Å². The second-order valence-electron chi connectivity index (χ2n) is 3.22. The zero-order chi connectivity index (χ0) is 10.1. The smallest absolute Gasteiger partial charge is 0.237 e. The molecule has 0 fully saturated rings. The highest BCUT2D eigenvalue weighted by molar-refractivity contribution is 8.01. The number of para-hydroxylation sites is 1. The molecule has 0 radical (unpaired) electrons. The van der Waals surface area contributed by atoms with Gasteiger partial charge in [0.1, 0.15) is 0 Å². The third kappa shape index (κ3) is 1.46. The van der Waals surface area contributed by atoms with Crippen molar-refractivity contribution in [3.8, 4) is 0 Å². The van der Waals surface area contributed by atoms with Gasteiger partial charge in [-0.2, -0.15) is 0 Å². The molecule has 1 unspecified atom stereocenters. The Morgan fingerprint density at radius 1 is 1.57 bits per heavy atom. The summed E-state index contributed by atoms with van der Waals surface area (Å²) in [6, 6.07) is 5.69. The minimum Gasteiger partial charge on any atom is -0.397 e. The summed E-state index contributed by atoms with van der Waals surface area (Å²) in [5.41, 5.74) is 7.17. The van der Waals surface area contributed by atoms with Crippen LogP contribution in [-0.2, 0) is 4.79 Å². The summed E-state index contributed by atoms with van der Waals surface area (Å²) in [5, 5.41) is 2.86. The fourth-order valence-corrected chi connectivity index (χ4v) is 2.54. The monoisotopic (exact) mass is 208 g/mol. The van der Waals surface area contributed by atoms with E-state index in [4.69, 9.17) is 5.73 Å². The van der Waals surface area contributed by atoms with Gasteiger partial charge in [-0.05, 0) is 18.6 Å². The molecule has 0 spiro atoms. The van der Waals surface area contributed by atoms with Crippen LogP contribution in [0.2, 0.25) is 0 Å². The van der Waals surface area contributed by atoms with Gasteiger partial charge in [0.25, 0.3) is 0 Å². The Hall–Kier alpha value is -1.16. The number of carbonyl (C=O) groups is 1. The number of nitrogens with one attached hydrogen (secondary N) is 1. The molecule has 0 saturated heterocycles. The molecule has 1 aromatic rings. The molecule has 0 bridgehead atoms. The molecule has 3 nitrogen and oxygen atoms in total. The standard InChI is InChI=1S/C10H12N2OS/c1-2-7-10(13)12-9-6(11)4-3-5-8(9)14-7/h3-5,7H,2,11H2,1H3,(H,12,13). The molecule has 1 amide bonds. The zero-order valence-electron chi connectivity index (χ0n) is 7.91. The third-order valence-corrected chi connectivity index (χ3v) is 3.67. The van der Waals surface area contributed by atoms with Crippen molar-refractivity contribution in [1.82, 2.24) is 0 Å². The van der Waals surface area contributed by atoms with E-state index in [1.165, 1.54) is 0 Å². The van der Waals surface area contributed by atoms with Crippen molar-refractivity contribution in [2.45, 2.75) is 23.5 Å². The first kappa shape index (κ1) is 9.40. The molecule has 1 atom stereocenters. The minimum atomic E-state index is 0.0179. The SMILES string of the molecule is CCC1Sc2cccc(N)c2NC1=O. The summed E-state index contributed by atoms with van der Waals surface area (Å²) >= 11 is 1.59. The van der Waals surface area contributed by atoms with Gasteiger partial charge < -0.3 is 11.1 Å². The van der Waals surface area contributed by atoms with E-state index in [-0.39, 0.29) is 11.2 Å². The number of benzene rings is 1. The highest BCUT2D eigenvalue weighted by Crippen LogP contribution is 2.39. The Labute approximate surface area is 87.1 Å². The normalized spacial score (nSPS) is 20.1. The summed E-state index contributed by atoms with van der Waals surface area (Å²) in [6.07, 6.45) is 0.838. The van der Waals surface area contributed by atoms with Crippen LogP contribution in [-0.4, -0.2) is 11.2 Å². The lowest BCUT2D eigenvalue weighted by atomic mass is 10.2. The maximum atomic E-state index is 11.6. The number of rotatable bonds is 1. The van der Waals surface area contributed by atoms with E-state index in [2.05, 4.69) is 5.32 Å². The van der Waals surface area contributed by atoms with Crippen LogP contribution in [0.4, 0.5) is 11.4 Å². The Kier molecular flexibility index (Phi) is 2.37. The lowest BCUT2D eigenvalue weighted by Gasteiger charge is -2.23. The van der Waals surface area contributed by atoms with E-state index >= 15 is 0 Å². The largest absolute Gasteiger partial charge is 0.397 e. The number of hydrogen-bond donors (Lipinski definition) is 2. The van der Waals surface area contributed by atoms with Crippen molar-refractivity contribution in [1.29, 1.82) is 0 Å². The third-order valence-electron chi connectivity index (χ3n) is 2.24. The quantitative estimate of drug-likeness (QED) is 0.695. The Morgan fingerprint density at radius 2 is 2.36 bits per heavy atom. The van der Waals surface area contributed by atoms with E-state index in [1.807, 2.05) is 19.1 Å². The molecule has 1 aromatic carbocycles. The van der Waals surface area contributed by atoms with Crippen LogP contribution in [0.5, 0.6) is 0 Å². The van der Waals surface area contributed by atoms with Crippen LogP contribution < -0.4 is 11.1 Å². The molecular weight excluding hydrogens is 196 g/mol. The van der Waals surface area contributed by atoms with Crippen LogP contribution in [0.1, 0.15) is 13.3 Å². The van der Waals surface area contributed by atoms with Gasteiger partial charge in [0.05, 0.1) is 16.6 Å². The van der Waals surface area contributed by atoms with Crippen LogP contribution in [0.25, 0.3) is 0 Å². The molecule has 1 heterocycles. The van der Waals surface area contributed by atoms with Crippen molar-refractivity contribution in [3.63, 3.8) is 0 Å². The lowest BCUT2D eigenvalue weighted by Crippen LogP contribution is -2.28. The predicted molar refractivity (Wildman–Crippen MR) is 59.4 cm³/mol. The van der Waals surface area contributed by atoms with Gasteiger partial charge in [-0.15, -0.1) is 11.8 Å². The Morgan fingerprint density at radius 3 is 3.07 bits per heavy atom. The fourth-order valence-electron chi connectivity index (χ4n) is 1.46. The summed E-state index contributed by atoms with van der Waals surface area (Å²) in [4.78, 5) is 12.6. The molecule has 0 aromatic heterocycles. The minimum absolute atomic E-state index is 0.0179. The van der Waals surface area contributed by atoms with Gasteiger partial charge in [0, 0.05) is 4.90 Å². The summed E-state index contributed by atoms with van der Waals surface area (Å²) in [6.45, 7) is 2.01. The lowest BCUT2D eigenvalue weighted by molar-refractivity contribution is -0.115. The molecule has 1 aliphatic heterocycles. The maximum Gasteiger partial charge on any atom is 0.237 e. The van der Waals surface area contributed by atoms with Gasteiger partial charge in [-0.25, -0.2) is 0 Å². The van der Waals surface area contributed by atoms with E-state index < -0.39 is 0 Å². The molecule has 74 valence electrons. The average Bonchev–Trinajstić information content (AvgIpc) is 2.19. The number of anilines is 2. The van der Waals surface area contributed by atoms with Gasteiger partial charge in [-0.1, -0.05) is 13.0 Å². The average molecular weight is 208 g/mol. The fraction of sp³-hybridized carbons (Fsp3) is 0.300. The highest BCUT2D eigenvalue weighted by Gasteiger charge is 2.26. The van der Waals surface area contributed by atoms with Crippen LogP contribution in [0.3, 0.4) is 0 Å². The Balaban J connectivity index is 2.40. The first-order valence-corrected chi connectivity index (χ1v) is 5.46. The van der Waals surface area contributed by atoms with E-state index in [9.17, 15) is 4.79 Å². The molecule has 1 aliphatic rings. The van der Waals surface area contributed by atoms with E-state index in [0.717, 1.165) is 17.0 Å². The first-order chi connectivity index (χ1) is 6.72. The Bertz CT molecular complexity index is 378. The molecule has 0 aliphatic carbocycles. The van der Waals surface area contributed by atoms with E-state index in [0.29, 0.717) is 5.69 Å². The van der Waals surface area contributed by atoms with Crippen molar-refractivity contribution in [2.24, 2.45) is 0 Å². The number of thioether (sulfide) groups is 1. The predicted octanol–water partition coefficient (Wildman–Crippen LogP) is 2.09. The molecule has 0 saturated carbocycles. The number of nitrogens with two attached hydrogens (primary N) is 1. The second kappa shape index (κ2) is 3.53. The number of carbonyl (C=O) groups excluding carboxylic acids is 1. The molecule has 14 heavy (non-hydrogen) atoms. The van der Waals surface area contributed by atoms with Crippen LogP contribution in [0.15, 0.2) is 23.1 Å². The topological polar surface area (TPSA) is 55.1 Å². The van der Waals surface area contributed by atoms with Gasteiger partial charge in [0.15, 0.2) is 0 Å². The summed E-state index contributed by atoms with van der Waals surface area (Å²) < 4.78 is 0. The molecule has 4 heteroatoms. The number of nitrogen functional groups attached to an aromatic ring is 1. The second-order valence-corrected chi connectivity index (χ2v) is 4.47. The number of hydrogen-bond acceptors (Lipinski definition) is 3. The van der Waals surface area contributed by atoms with Crippen molar-refractivity contribution >= 4 is 29.0 Å². The van der Waals surface area contributed by atoms with E-state index in [1.54, 1.807) is 17.8 Å². The molecule has 2 rings (SSSR count). The van der Waals surface area contributed by atoms with Crippen molar-refractivity contribution in [3.05, 3.63) is 18.2 Å². The molecular formula is C10H12N2OS. The van der Waals surface area contributed by atoms with Crippen LogP contribution in [0, 0.1) is 0 Å². The van der Waals surface area contributed by atoms with Crippen molar-refractivity contribution in [2.75, 3.05) is 11.1 Å². The number of fused-ring (bicyclic) bond motifs is 1. The number of amides is 1. The first-order valence-electron chi connectivity index (χ1n) is 4.58. The van der Waals surface area contributed by atoms with Crippen LogP contribution >= 0.6 is 11.8 Å². The molecule has 3 N–H and O–H groups in total. The summed E-state index contributed by atoms with van der Waals surface area (Å²) in [5.74, 6) is 0.0582. The van der Waals surface area contributed by atoms with Gasteiger partial charge in [-0.3, -0.25) is 4.79 Å².